The maximum atomic E-state index is 11.1. The minimum absolute atomic E-state index is 0.239. The molecule has 0 aliphatic rings. The van der Waals surface area contributed by atoms with Crippen molar-refractivity contribution >= 4 is 11.6 Å². The van der Waals surface area contributed by atoms with Gasteiger partial charge >= 0.3 is 0 Å². The van der Waals surface area contributed by atoms with Crippen LogP contribution in [0.2, 0.25) is 0 Å². The van der Waals surface area contributed by atoms with Crippen LogP contribution < -0.4 is 11.1 Å². The van der Waals surface area contributed by atoms with Crippen molar-refractivity contribution in [3.63, 3.8) is 0 Å². The molecule has 0 radical (unpaired) electrons. The molecule has 4 heteroatoms. The standard InChI is InChI=1S/C17H20N2O2/c1-21-12-15-8-3-2-7-14(15)11-19-16-9-5-4-6-13(16)10-17(18)20/h2-9,19H,10-12H2,1H3,(H2,18,20). The fourth-order valence-corrected chi connectivity index (χ4v) is 2.25. The molecule has 0 unspecified atom stereocenters. The highest BCUT2D eigenvalue weighted by molar-refractivity contribution is 5.78. The largest absolute Gasteiger partial charge is 0.381 e. The van der Waals surface area contributed by atoms with Gasteiger partial charge in [0.1, 0.15) is 0 Å². The van der Waals surface area contributed by atoms with Crippen LogP contribution in [0.1, 0.15) is 16.7 Å². The summed E-state index contributed by atoms with van der Waals surface area (Å²) in [4.78, 5) is 11.1. The minimum atomic E-state index is -0.330. The highest BCUT2D eigenvalue weighted by atomic mass is 16.5. The number of carbonyl (C=O) groups is 1. The van der Waals surface area contributed by atoms with E-state index in [4.69, 9.17) is 10.5 Å². The average Bonchev–Trinajstić information content (AvgIpc) is 2.47. The summed E-state index contributed by atoms with van der Waals surface area (Å²) in [6, 6.07) is 15.8. The first kappa shape index (κ1) is 15.1. The lowest BCUT2D eigenvalue weighted by atomic mass is 10.1. The molecule has 110 valence electrons. The third kappa shape index (κ3) is 4.33. The summed E-state index contributed by atoms with van der Waals surface area (Å²) in [6.07, 6.45) is 0.239. The molecular weight excluding hydrogens is 264 g/mol. The highest BCUT2D eigenvalue weighted by Crippen LogP contribution is 2.18. The summed E-state index contributed by atoms with van der Waals surface area (Å²) in [6.45, 7) is 1.26. The molecule has 1 amide bonds. The number of hydrogen-bond acceptors (Lipinski definition) is 3. The van der Waals surface area contributed by atoms with E-state index in [1.807, 2.05) is 36.4 Å². The Balaban J connectivity index is 2.11. The maximum absolute atomic E-state index is 11.1. The summed E-state index contributed by atoms with van der Waals surface area (Å²) >= 11 is 0. The Kier molecular flexibility index (Phi) is 5.35. The Labute approximate surface area is 124 Å². The number of benzene rings is 2. The second-order valence-electron chi connectivity index (χ2n) is 4.86. The molecule has 0 saturated carbocycles. The van der Waals surface area contributed by atoms with E-state index in [-0.39, 0.29) is 12.3 Å². The van der Waals surface area contributed by atoms with Crippen LogP contribution in [0.3, 0.4) is 0 Å². The number of nitrogens with one attached hydrogen (secondary N) is 1. The smallest absolute Gasteiger partial charge is 0.221 e. The van der Waals surface area contributed by atoms with Crippen LogP contribution in [-0.4, -0.2) is 13.0 Å². The van der Waals surface area contributed by atoms with E-state index in [1.165, 1.54) is 5.56 Å². The molecule has 21 heavy (non-hydrogen) atoms. The lowest BCUT2D eigenvalue weighted by molar-refractivity contribution is -0.117. The maximum Gasteiger partial charge on any atom is 0.221 e. The number of hydrogen-bond donors (Lipinski definition) is 2. The topological polar surface area (TPSA) is 64.3 Å². The Bertz CT molecular complexity index is 611. The van der Waals surface area contributed by atoms with Crippen molar-refractivity contribution in [2.45, 2.75) is 19.6 Å². The van der Waals surface area contributed by atoms with Crippen LogP contribution >= 0.6 is 0 Å². The fraction of sp³-hybridized carbons (Fsp3) is 0.235. The molecule has 0 heterocycles. The van der Waals surface area contributed by atoms with Crippen LogP contribution in [0.25, 0.3) is 0 Å². The Morgan fingerprint density at radius 1 is 1.05 bits per heavy atom. The van der Waals surface area contributed by atoms with Gasteiger partial charge < -0.3 is 15.8 Å². The van der Waals surface area contributed by atoms with Crippen molar-refractivity contribution in [1.29, 1.82) is 0 Å². The van der Waals surface area contributed by atoms with Crippen molar-refractivity contribution in [3.8, 4) is 0 Å². The molecule has 2 aromatic rings. The Morgan fingerprint density at radius 3 is 2.33 bits per heavy atom. The van der Waals surface area contributed by atoms with Gasteiger partial charge in [0.05, 0.1) is 13.0 Å². The molecule has 0 aromatic heterocycles. The number of amides is 1. The van der Waals surface area contributed by atoms with Crippen LogP contribution in [0, 0.1) is 0 Å². The first-order valence-electron chi connectivity index (χ1n) is 6.86. The van der Waals surface area contributed by atoms with E-state index in [2.05, 4.69) is 17.4 Å². The molecule has 2 rings (SSSR count). The van der Waals surface area contributed by atoms with Crippen LogP contribution in [0.4, 0.5) is 5.69 Å². The zero-order valence-corrected chi connectivity index (χ0v) is 12.1. The van der Waals surface area contributed by atoms with Gasteiger partial charge in [-0.05, 0) is 22.8 Å². The monoisotopic (exact) mass is 284 g/mol. The predicted molar refractivity (Wildman–Crippen MR) is 83.8 cm³/mol. The Morgan fingerprint density at radius 2 is 1.67 bits per heavy atom. The lowest BCUT2D eigenvalue weighted by Gasteiger charge is -2.13. The van der Waals surface area contributed by atoms with Crippen molar-refractivity contribution in [2.75, 3.05) is 12.4 Å². The van der Waals surface area contributed by atoms with Gasteiger partial charge in [0.2, 0.25) is 5.91 Å². The molecule has 0 aliphatic heterocycles. The van der Waals surface area contributed by atoms with E-state index in [0.717, 1.165) is 16.8 Å². The quantitative estimate of drug-likeness (QED) is 0.821. The van der Waals surface area contributed by atoms with Crippen molar-refractivity contribution in [3.05, 3.63) is 65.2 Å². The van der Waals surface area contributed by atoms with Gasteiger partial charge in [-0.2, -0.15) is 0 Å². The summed E-state index contributed by atoms with van der Waals surface area (Å²) in [5.41, 5.74) is 9.45. The zero-order chi connectivity index (χ0) is 15.1. The number of rotatable bonds is 7. The molecule has 0 aliphatic carbocycles. The normalized spacial score (nSPS) is 10.3. The number of carbonyl (C=O) groups excluding carboxylic acids is 1. The molecule has 4 nitrogen and oxygen atoms in total. The van der Waals surface area contributed by atoms with E-state index >= 15 is 0 Å². The van der Waals surface area contributed by atoms with Gasteiger partial charge in [-0.25, -0.2) is 0 Å². The SMILES string of the molecule is COCc1ccccc1CNc1ccccc1CC(N)=O. The fourth-order valence-electron chi connectivity index (χ4n) is 2.25. The van der Waals surface area contributed by atoms with Crippen molar-refractivity contribution in [1.82, 2.24) is 0 Å². The first-order valence-corrected chi connectivity index (χ1v) is 6.86. The number of anilines is 1. The van der Waals surface area contributed by atoms with Crippen molar-refractivity contribution in [2.24, 2.45) is 5.73 Å². The van der Waals surface area contributed by atoms with Crippen LogP contribution in [0.15, 0.2) is 48.5 Å². The summed E-state index contributed by atoms with van der Waals surface area (Å²) in [5, 5.41) is 3.37. The van der Waals surface area contributed by atoms with E-state index < -0.39 is 0 Å². The predicted octanol–water partition coefficient (Wildman–Crippen LogP) is 2.47. The van der Waals surface area contributed by atoms with E-state index in [1.54, 1.807) is 7.11 Å². The molecule has 0 fully saturated rings. The van der Waals surface area contributed by atoms with Gasteiger partial charge in [0.25, 0.3) is 0 Å². The zero-order valence-electron chi connectivity index (χ0n) is 12.1. The first-order chi connectivity index (χ1) is 10.2. The molecule has 2 aromatic carbocycles. The average molecular weight is 284 g/mol. The lowest BCUT2D eigenvalue weighted by Crippen LogP contribution is -2.15. The van der Waals surface area contributed by atoms with Crippen LogP contribution in [-0.2, 0) is 29.1 Å². The summed E-state index contributed by atoms with van der Waals surface area (Å²) in [7, 11) is 1.69. The number of methoxy groups -OCH3 is 1. The highest BCUT2D eigenvalue weighted by Gasteiger charge is 2.06. The second-order valence-corrected chi connectivity index (χ2v) is 4.86. The van der Waals surface area contributed by atoms with Gasteiger partial charge in [0, 0.05) is 19.3 Å². The van der Waals surface area contributed by atoms with Gasteiger partial charge in [-0.1, -0.05) is 42.5 Å². The minimum Gasteiger partial charge on any atom is -0.381 e. The van der Waals surface area contributed by atoms with E-state index in [9.17, 15) is 4.79 Å². The van der Waals surface area contributed by atoms with Crippen molar-refractivity contribution < 1.29 is 9.53 Å². The number of ether oxygens (including phenoxy) is 1. The molecule has 3 N–H and O–H groups in total. The third-order valence-electron chi connectivity index (χ3n) is 3.27. The molecule has 0 spiro atoms. The summed E-state index contributed by atoms with van der Waals surface area (Å²) in [5.74, 6) is -0.330. The van der Waals surface area contributed by atoms with Gasteiger partial charge in [0.15, 0.2) is 0 Å². The van der Waals surface area contributed by atoms with E-state index in [0.29, 0.717) is 13.2 Å². The number of primary amides is 1. The van der Waals surface area contributed by atoms with Gasteiger partial charge in [-0.15, -0.1) is 0 Å². The third-order valence-corrected chi connectivity index (χ3v) is 3.27. The molecular formula is C17H20N2O2. The summed E-state index contributed by atoms with van der Waals surface area (Å²) < 4.78 is 5.21. The number of nitrogens with two attached hydrogens (primary N) is 1. The molecule has 0 atom stereocenters. The Hall–Kier alpha value is -2.33. The second kappa shape index (κ2) is 7.45. The molecule has 0 bridgehead atoms. The molecule has 0 saturated heterocycles. The van der Waals surface area contributed by atoms with Gasteiger partial charge in [-0.3, -0.25) is 4.79 Å². The van der Waals surface area contributed by atoms with Crippen LogP contribution in [0.5, 0.6) is 0 Å². The number of para-hydroxylation sites is 1.